The summed E-state index contributed by atoms with van der Waals surface area (Å²) in [6.45, 7) is 1.38. The SMILES string of the molecule is CC(=O)c1cc(-c2nn[nH]n2)cc(Br)c1O. The maximum Gasteiger partial charge on any atom is 0.204 e. The van der Waals surface area contributed by atoms with Gasteiger partial charge in [-0.05, 0) is 40.2 Å². The summed E-state index contributed by atoms with van der Waals surface area (Å²) in [5.74, 6) is 0.0477. The molecule has 0 radical (unpaired) electrons. The van der Waals surface area contributed by atoms with Crippen molar-refractivity contribution in [3.8, 4) is 17.1 Å². The number of benzene rings is 1. The summed E-state index contributed by atoms with van der Waals surface area (Å²) in [4.78, 5) is 11.3. The number of carbonyl (C=O) groups is 1. The molecule has 0 aliphatic carbocycles. The third-order valence-corrected chi connectivity index (χ3v) is 2.65. The summed E-state index contributed by atoms with van der Waals surface area (Å²) in [6.07, 6.45) is 0. The molecule has 0 aliphatic heterocycles. The molecule has 6 nitrogen and oxygen atoms in total. The minimum Gasteiger partial charge on any atom is -0.506 e. The Balaban J connectivity index is 2.62. The van der Waals surface area contributed by atoms with E-state index in [0.717, 1.165) is 0 Å². The molecular formula is C9H7BrN4O2. The lowest BCUT2D eigenvalue weighted by atomic mass is 10.1. The standard InChI is InChI=1S/C9H7BrN4O2/c1-4(15)6-2-5(3-7(10)8(6)16)9-11-13-14-12-9/h2-3,16H,1H3,(H,11,12,13,14). The van der Waals surface area contributed by atoms with Crippen LogP contribution in [0.25, 0.3) is 11.4 Å². The van der Waals surface area contributed by atoms with Crippen molar-refractivity contribution in [3.05, 3.63) is 22.2 Å². The van der Waals surface area contributed by atoms with E-state index < -0.39 is 0 Å². The van der Waals surface area contributed by atoms with Gasteiger partial charge in [0.1, 0.15) is 5.75 Å². The molecule has 1 heterocycles. The number of aromatic nitrogens is 4. The van der Waals surface area contributed by atoms with E-state index in [9.17, 15) is 9.90 Å². The smallest absolute Gasteiger partial charge is 0.204 e. The number of H-pyrrole nitrogens is 1. The molecule has 0 fully saturated rings. The molecule has 0 bridgehead atoms. The normalized spacial score (nSPS) is 10.4. The van der Waals surface area contributed by atoms with Crippen LogP contribution in [0.2, 0.25) is 0 Å². The van der Waals surface area contributed by atoms with Gasteiger partial charge in [0.2, 0.25) is 5.82 Å². The van der Waals surface area contributed by atoms with Crippen molar-refractivity contribution in [2.75, 3.05) is 0 Å². The zero-order chi connectivity index (χ0) is 11.7. The summed E-state index contributed by atoms with van der Waals surface area (Å²) in [5, 5.41) is 23.0. The van der Waals surface area contributed by atoms with Crippen LogP contribution in [0.1, 0.15) is 17.3 Å². The molecule has 1 aromatic carbocycles. The topological polar surface area (TPSA) is 91.8 Å². The van der Waals surface area contributed by atoms with E-state index >= 15 is 0 Å². The van der Waals surface area contributed by atoms with E-state index in [1.807, 2.05) is 0 Å². The number of rotatable bonds is 2. The number of hydrogen-bond donors (Lipinski definition) is 2. The Hall–Kier alpha value is -1.76. The summed E-state index contributed by atoms with van der Waals surface area (Å²) in [6, 6.07) is 3.14. The lowest BCUT2D eigenvalue weighted by Crippen LogP contribution is -1.95. The number of tetrazole rings is 1. The van der Waals surface area contributed by atoms with Crippen LogP contribution in [0.3, 0.4) is 0 Å². The van der Waals surface area contributed by atoms with Gasteiger partial charge < -0.3 is 5.11 Å². The molecule has 0 saturated carbocycles. The molecule has 0 atom stereocenters. The zero-order valence-electron chi connectivity index (χ0n) is 8.23. The van der Waals surface area contributed by atoms with Crippen molar-refractivity contribution in [2.45, 2.75) is 6.92 Å². The first kappa shape index (κ1) is 10.7. The minimum absolute atomic E-state index is 0.0836. The highest BCUT2D eigenvalue weighted by Crippen LogP contribution is 2.32. The van der Waals surface area contributed by atoms with Crippen molar-refractivity contribution in [1.82, 2.24) is 20.6 Å². The highest BCUT2D eigenvalue weighted by molar-refractivity contribution is 9.10. The lowest BCUT2D eigenvalue weighted by molar-refractivity contribution is 0.101. The van der Waals surface area contributed by atoms with E-state index in [1.165, 1.54) is 13.0 Å². The lowest BCUT2D eigenvalue weighted by Gasteiger charge is -2.05. The predicted molar refractivity (Wildman–Crippen MR) is 59.0 cm³/mol. The molecule has 0 saturated heterocycles. The minimum atomic E-state index is -0.233. The van der Waals surface area contributed by atoms with Crippen LogP contribution in [0, 0.1) is 0 Å². The number of nitrogens with zero attached hydrogens (tertiary/aromatic N) is 3. The van der Waals surface area contributed by atoms with E-state index in [-0.39, 0.29) is 17.1 Å². The van der Waals surface area contributed by atoms with Gasteiger partial charge in [0.25, 0.3) is 0 Å². The molecule has 2 rings (SSSR count). The number of phenols is 1. The number of aromatic hydroxyl groups is 1. The third kappa shape index (κ3) is 1.81. The van der Waals surface area contributed by atoms with Crippen LogP contribution >= 0.6 is 15.9 Å². The van der Waals surface area contributed by atoms with Crippen LogP contribution in [-0.4, -0.2) is 31.5 Å². The summed E-state index contributed by atoms with van der Waals surface area (Å²) >= 11 is 3.16. The van der Waals surface area contributed by atoms with E-state index in [4.69, 9.17) is 0 Å². The number of Topliss-reactive ketones (excluding diaryl/α,β-unsaturated/α-hetero) is 1. The highest BCUT2D eigenvalue weighted by Gasteiger charge is 2.14. The molecule has 0 unspecified atom stereocenters. The molecule has 7 heteroatoms. The highest BCUT2D eigenvalue weighted by atomic mass is 79.9. The van der Waals surface area contributed by atoms with Crippen molar-refractivity contribution in [1.29, 1.82) is 0 Å². The Bertz CT molecular complexity index is 539. The molecule has 16 heavy (non-hydrogen) atoms. The average molecular weight is 283 g/mol. The van der Waals surface area contributed by atoms with Gasteiger partial charge in [-0.2, -0.15) is 5.21 Å². The largest absolute Gasteiger partial charge is 0.506 e. The first-order valence-corrected chi connectivity index (χ1v) is 5.16. The van der Waals surface area contributed by atoms with E-state index in [0.29, 0.717) is 15.9 Å². The molecule has 2 aromatic rings. The molecule has 2 N–H and O–H groups in total. The Morgan fingerprint density at radius 2 is 2.25 bits per heavy atom. The molecule has 0 spiro atoms. The second-order valence-corrected chi connectivity index (χ2v) is 4.00. The van der Waals surface area contributed by atoms with Gasteiger partial charge in [0.15, 0.2) is 5.78 Å². The Morgan fingerprint density at radius 1 is 1.50 bits per heavy atom. The molecule has 0 aliphatic rings. The number of nitrogens with one attached hydrogen (secondary N) is 1. The first-order chi connectivity index (χ1) is 7.59. The average Bonchev–Trinajstić information content (AvgIpc) is 2.74. The fourth-order valence-corrected chi connectivity index (χ4v) is 1.74. The maximum absolute atomic E-state index is 11.3. The van der Waals surface area contributed by atoms with Crippen molar-refractivity contribution in [2.24, 2.45) is 0 Å². The number of ketones is 1. The number of carbonyl (C=O) groups excluding carboxylic acids is 1. The molecule has 0 amide bonds. The van der Waals surface area contributed by atoms with Gasteiger partial charge in [-0.15, -0.1) is 10.2 Å². The fraction of sp³-hybridized carbons (Fsp3) is 0.111. The maximum atomic E-state index is 11.3. The van der Waals surface area contributed by atoms with E-state index in [1.54, 1.807) is 6.07 Å². The number of hydrogen-bond acceptors (Lipinski definition) is 5. The Kier molecular flexibility index (Phi) is 2.69. The fourth-order valence-electron chi connectivity index (χ4n) is 1.28. The van der Waals surface area contributed by atoms with Crippen LogP contribution < -0.4 is 0 Å². The van der Waals surface area contributed by atoms with Crippen molar-refractivity contribution < 1.29 is 9.90 Å². The van der Waals surface area contributed by atoms with Gasteiger partial charge in [-0.1, -0.05) is 0 Å². The molecular weight excluding hydrogens is 276 g/mol. The quantitative estimate of drug-likeness (QED) is 0.815. The summed E-state index contributed by atoms with van der Waals surface area (Å²) in [7, 11) is 0. The second-order valence-electron chi connectivity index (χ2n) is 3.15. The van der Waals surface area contributed by atoms with E-state index in [2.05, 4.69) is 36.6 Å². The van der Waals surface area contributed by atoms with Gasteiger partial charge in [0, 0.05) is 5.56 Å². The van der Waals surface area contributed by atoms with Crippen molar-refractivity contribution >= 4 is 21.7 Å². The summed E-state index contributed by atoms with van der Waals surface area (Å²) in [5.41, 5.74) is 0.817. The summed E-state index contributed by atoms with van der Waals surface area (Å²) < 4.78 is 0.417. The van der Waals surface area contributed by atoms with Gasteiger partial charge >= 0.3 is 0 Å². The third-order valence-electron chi connectivity index (χ3n) is 2.05. The van der Waals surface area contributed by atoms with Crippen molar-refractivity contribution in [3.63, 3.8) is 0 Å². The monoisotopic (exact) mass is 282 g/mol. The van der Waals surface area contributed by atoms with Gasteiger partial charge in [-0.3, -0.25) is 4.79 Å². The Morgan fingerprint density at radius 3 is 2.81 bits per heavy atom. The number of halogens is 1. The van der Waals surface area contributed by atoms with Crippen LogP contribution in [-0.2, 0) is 0 Å². The van der Waals surface area contributed by atoms with Crippen LogP contribution in [0.15, 0.2) is 16.6 Å². The zero-order valence-corrected chi connectivity index (χ0v) is 9.82. The van der Waals surface area contributed by atoms with Gasteiger partial charge in [0.05, 0.1) is 10.0 Å². The Labute approximate surface area is 98.8 Å². The van der Waals surface area contributed by atoms with Gasteiger partial charge in [-0.25, -0.2) is 0 Å². The molecule has 82 valence electrons. The number of phenolic OH excluding ortho intramolecular Hbond substituents is 1. The predicted octanol–water partition coefficient (Wildman–Crippen LogP) is 1.54. The first-order valence-electron chi connectivity index (χ1n) is 4.37. The van der Waals surface area contributed by atoms with Crippen LogP contribution in [0.5, 0.6) is 5.75 Å². The molecule has 1 aromatic heterocycles. The number of aromatic amines is 1. The second kappa shape index (κ2) is 4.01. The van der Waals surface area contributed by atoms with Crippen LogP contribution in [0.4, 0.5) is 0 Å².